The number of hydrogen-bond acceptors (Lipinski definition) is 3. The number of hydrogen-bond donors (Lipinski definition) is 1. The van der Waals surface area contributed by atoms with E-state index in [1.807, 2.05) is 32.9 Å². The molecule has 0 aromatic heterocycles. The molecule has 1 aromatic carbocycles. The number of carbonyl (C=O) groups is 1. The van der Waals surface area contributed by atoms with Crippen molar-refractivity contribution < 1.29 is 9.53 Å². The van der Waals surface area contributed by atoms with Crippen molar-refractivity contribution in [3.05, 3.63) is 29.3 Å². The van der Waals surface area contributed by atoms with Crippen LogP contribution in [0.2, 0.25) is 0 Å². The third-order valence-corrected chi connectivity index (χ3v) is 2.66. The number of carbonyl (C=O) groups excluding carboxylic acids is 1. The van der Waals surface area contributed by atoms with E-state index in [1.165, 1.54) is 0 Å². The van der Waals surface area contributed by atoms with Crippen molar-refractivity contribution in [2.75, 3.05) is 25.9 Å². The van der Waals surface area contributed by atoms with Crippen LogP contribution in [-0.2, 0) is 4.74 Å². The molecule has 1 amide bonds. The number of anilines is 1. The highest BCUT2D eigenvalue weighted by atomic mass is 16.5. The maximum atomic E-state index is 12.2. The molecule has 4 heteroatoms. The van der Waals surface area contributed by atoms with Gasteiger partial charge in [-0.05, 0) is 32.9 Å². The lowest BCUT2D eigenvalue weighted by Crippen LogP contribution is -2.31. The minimum Gasteiger partial charge on any atom is -0.398 e. The molecule has 0 atom stereocenters. The highest BCUT2D eigenvalue weighted by Crippen LogP contribution is 2.15. The summed E-state index contributed by atoms with van der Waals surface area (Å²) < 4.78 is 5.43. The molecule has 0 saturated carbocycles. The summed E-state index contributed by atoms with van der Waals surface area (Å²) >= 11 is 0. The van der Waals surface area contributed by atoms with Crippen molar-refractivity contribution in [2.24, 2.45) is 0 Å². The zero-order valence-electron chi connectivity index (χ0n) is 11.6. The van der Waals surface area contributed by atoms with Gasteiger partial charge in [0.1, 0.15) is 0 Å². The van der Waals surface area contributed by atoms with Gasteiger partial charge in [-0.25, -0.2) is 0 Å². The molecule has 0 unspecified atom stereocenters. The lowest BCUT2D eigenvalue weighted by atomic mass is 10.1. The first-order chi connectivity index (χ1) is 8.41. The van der Waals surface area contributed by atoms with Crippen LogP contribution in [-0.4, -0.2) is 37.1 Å². The van der Waals surface area contributed by atoms with Gasteiger partial charge >= 0.3 is 0 Å². The normalized spacial score (nSPS) is 10.7. The average molecular weight is 250 g/mol. The number of likely N-dealkylation sites (N-methyl/N-ethyl adjacent to an activating group) is 1. The molecule has 0 saturated heterocycles. The molecule has 0 radical (unpaired) electrons. The zero-order valence-corrected chi connectivity index (χ0v) is 11.6. The molecular formula is C14H22N2O2. The standard InChI is InChI=1S/C14H22N2O2/c1-10(2)18-8-7-16(4)14(17)12-9-11(3)5-6-13(12)15/h5-6,9-10H,7-8,15H2,1-4H3. The molecule has 0 heterocycles. The van der Waals surface area contributed by atoms with Crippen molar-refractivity contribution in [3.63, 3.8) is 0 Å². The van der Waals surface area contributed by atoms with E-state index >= 15 is 0 Å². The van der Waals surface area contributed by atoms with Gasteiger partial charge in [-0.15, -0.1) is 0 Å². The van der Waals surface area contributed by atoms with Crippen molar-refractivity contribution in [2.45, 2.75) is 26.9 Å². The van der Waals surface area contributed by atoms with E-state index in [1.54, 1.807) is 18.0 Å². The van der Waals surface area contributed by atoms with Crippen LogP contribution in [0.1, 0.15) is 29.8 Å². The highest BCUT2D eigenvalue weighted by Gasteiger charge is 2.14. The lowest BCUT2D eigenvalue weighted by molar-refractivity contribution is 0.0532. The van der Waals surface area contributed by atoms with Crippen molar-refractivity contribution >= 4 is 11.6 Å². The molecule has 18 heavy (non-hydrogen) atoms. The first kappa shape index (κ1) is 14.5. The predicted octanol–water partition coefficient (Wildman–Crippen LogP) is 2.07. The third-order valence-electron chi connectivity index (χ3n) is 2.66. The molecule has 0 fully saturated rings. The largest absolute Gasteiger partial charge is 0.398 e. The van der Waals surface area contributed by atoms with Crippen molar-refractivity contribution in [1.82, 2.24) is 4.90 Å². The topological polar surface area (TPSA) is 55.6 Å². The van der Waals surface area contributed by atoms with Gasteiger partial charge < -0.3 is 15.4 Å². The number of nitrogens with zero attached hydrogens (tertiary/aromatic N) is 1. The second-order valence-corrected chi connectivity index (χ2v) is 4.74. The molecule has 0 aliphatic carbocycles. The Hall–Kier alpha value is -1.55. The smallest absolute Gasteiger partial charge is 0.255 e. The van der Waals surface area contributed by atoms with Crippen molar-refractivity contribution in [1.29, 1.82) is 0 Å². The minimum atomic E-state index is -0.0662. The number of amides is 1. The Balaban J connectivity index is 2.65. The predicted molar refractivity (Wildman–Crippen MR) is 73.6 cm³/mol. The fraction of sp³-hybridized carbons (Fsp3) is 0.500. The number of aryl methyl sites for hydroxylation is 1. The van der Waals surface area contributed by atoms with Crippen molar-refractivity contribution in [3.8, 4) is 0 Å². The highest BCUT2D eigenvalue weighted by molar-refractivity contribution is 5.99. The molecule has 4 nitrogen and oxygen atoms in total. The summed E-state index contributed by atoms with van der Waals surface area (Å²) in [4.78, 5) is 13.8. The molecular weight excluding hydrogens is 228 g/mol. The van der Waals surface area contributed by atoms with E-state index in [0.29, 0.717) is 24.4 Å². The molecule has 1 rings (SSSR count). The van der Waals surface area contributed by atoms with Gasteiger partial charge in [0.05, 0.1) is 18.3 Å². The Morgan fingerprint density at radius 2 is 2.11 bits per heavy atom. The van der Waals surface area contributed by atoms with Crippen LogP contribution in [0.15, 0.2) is 18.2 Å². The molecule has 1 aromatic rings. The quantitative estimate of drug-likeness (QED) is 0.814. The third kappa shape index (κ3) is 4.04. The van der Waals surface area contributed by atoms with E-state index in [0.717, 1.165) is 5.56 Å². The Morgan fingerprint density at radius 3 is 2.72 bits per heavy atom. The van der Waals surface area contributed by atoms with Gasteiger partial charge in [0.25, 0.3) is 5.91 Å². The minimum absolute atomic E-state index is 0.0662. The van der Waals surface area contributed by atoms with Crippen LogP contribution in [0.5, 0.6) is 0 Å². The number of benzene rings is 1. The summed E-state index contributed by atoms with van der Waals surface area (Å²) in [5.41, 5.74) is 7.93. The first-order valence-corrected chi connectivity index (χ1v) is 6.15. The zero-order chi connectivity index (χ0) is 13.7. The molecule has 0 spiro atoms. The molecule has 2 N–H and O–H groups in total. The Labute approximate surface area is 109 Å². The summed E-state index contributed by atoms with van der Waals surface area (Å²) in [5, 5.41) is 0. The summed E-state index contributed by atoms with van der Waals surface area (Å²) in [6.45, 7) is 6.98. The van der Waals surface area contributed by atoms with Gasteiger partial charge in [-0.1, -0.05) is 11.6 Å². The Bertz CT molecular complexity index is 416. The van der Waals surface area contributed by atoms with E-state index in [2.05, 4.69) is 0 Å². The molecule has 0 aliphatic heterocycles. The van der Waals surface area contributed by atoms with E-state index in [-0.39, 0.29) is 12.0 Å². The van der Waals surface area contributed by atoms with Gasteiger partial charge in [0, 0.05) is 19.3 Å². The van der Waals surface area contributed by atoms with Gasteiger partial charge in [-0.3, -0.25) is 4.79 Å². The summed E-state index contributed by atoms with van der Waals surface area (Å²) in [7, 11) is 1.76. The average Bonchev–Trinajstić information content (AvgIpc) is 2.30. The number of ether oxygens (including phenoxy) is 1. The monoisotopic (exact) mass is 250 g/mol. The van der Waals surface area contributed by atoms with E-state index in [9.17, 15) is 4.79 Å². The first-order valence-electron chi connectivity index (χ1n) is 6.15. The van der Waals surface area contributed by atoms with Crippen LogP contribution < -0.4 is 5.73 Å². The van der Waals surface area contributed by atoms with Gasteiger partial charge in [0.2, 0.25) is 0 Å². The number of nitrogens with two attached hydrogens (primary N) is 1. The van der Waals surface area contributed by atoms with E-state index < -0.39 is 0 Å². The van der Waals surface area contributed by atoms with Crippen LogP contribution in [0.3, 0.4) is 0 Å². The van der Waals surface area contributed by atoms with Crippen LogP contribution in [0.4, 0.5) is 5.69 Å². The van der Waals surface area contributed by atoms with Crippen LogP contribution >= 0.6 is 0 Å². The molecule has 100 valence electrons. The molecule has 0 bridgehead atoms. The van der Waals surface area contributed by atoms with Crippen LogP contribution in [0, 0.1) is 6.92 Å². The fourth-order valence-corrected chi connectivity index (χ4v) is 1.59. The fourth-order valence-electron chi connectivity index (χ4n) is 1.59. The second-order valence-electron chi connectivity index (χ2n) is 4.74. The lowest BCUT2D eigenvalue weighted by Gasteiger charge is -2.19. The Kier molecular flexibility index (Phi) is 5.16. The number of nitrogen functional groups attached to an aromatic ring is 1. The second kappa shape index (κ2) is 6.40. The molecule has 0 aliphatic rings. The van der Waals surface area contributed by atoms with Gasteiger partial charge in [0.15, 0.2) is 0 Å². The van der Waals surface area contributed by atoms with Gasteiger partial charge in [-0.2, -0.15) is 0 Å². The maximum absolute atomic E-state index is 12.2. The summed E-state index contributed by atoms with van der Waals surface area (Å²) in [5.74, 6) is -0.0662. The Morgan fingerprint density at radius 1 is 1.44 bits per heavy atom. The van der Waals surface area contributed by atoms with Crippen LogP contribution in [0.25, 0.3) is 0 Å². The SMILES string of the molecule is Cc1ccc(N)c(C(=O)N(C)CCOC(C)C)c1. The van der Waals surface area contributed by atoms with E-state index in [4.69, 9.17) is 10.5 Å². The summed E-state index contributed by atoms with van der Waals surface area (Å²) in [6, 6.07) is 5.48. The summed E-state index contributed by atoms with van der Waals surface area (Å²) in [6.07, 6.45) is 0.178. The number of rotatable bonds is 5. The maximum Gasteiger partial charge on any atom is 0.255 e.